The number of aliphatic hydroxyl groups is 1. The van der Waals surface area contributed by atoms with Crippen molar-refractivity contribution in [2.75, 3.05) is 12.5 Å². The molecule has 96 valence electrons. The summed E-state index contributed by atoms with van der Waals surface area (Å²) in [5.41, 5.74) is 1.42. The van der Waals surface area contributed by atoms with E-state index >= 15 is 0 Å². The van der Waals surface area contributed by atoms with Crippen molar-refractivity contribution >= 4 is 11.6 Å². The van der Waals surface area contributed by atoms with Crippen LogP contribution in [0.15, 0.2) is 24.3 Å². The Bertz CT molecular complexity index is 327. The molecule has 0 fully saturated rings. The molecule has 2 nitrogen and oxygen atoms in total. The van der Waals surface area contributed by atoms with E-state index in [9.17, 15) is 5.11 Å². The predicted molar refractivity (Wildman–Crippen MR) is 72.0 cm³/mol. The Morgan fingerprint density at radius 3 is 2.29 bits per heavy atom. The van der Waals surface area contributed by atoms with Crippen LogP contribution in [-0.2, 0) is 5.41 Å². The maximum atomic E-state index is 9.48. The molecule has 0 saturated carbocycles. The Kier molecular flexibility index (Phi) is 5.29. The van der Waals surface area contributed by atoms with E-state index in [4.69, 9.17) is 16.3 Å². The van der Waals surface area contributed by atoms with Crippen LogP contribution < -0.4 is 4.74 Å². The SMILES string of the molecule is CC(C)(C)c1ccc(OC[C@@H](O)CCCl)cc1. The summed E-state index contributed by atoms with van der Waals surface area (Å²) in [5.74, 6) is 1.24. The lowest BCUT2D eigenvalue weighted by Crippen LogP contribution is -2.18. The molecule has 0 amide bonds. The molecule has 0 aliphatic heterocycles. The molecule has 1 atom stereocenters. The van der Waals surface area contributed by atoms with Gasteiger partial charge in [-0.2, -0.15) is 0 Å². The molecule has 1 rings (SSSR count). The van der Waals surface area contributed by atoms with Crippen molar-refractivity contribution in [2.45, 2.75) is 38.7 Å². The lowest BCUT2D eigenvalue weighted by molar-refractivity contribution is 0.105. The maximum Gasteiger partial charge on any atom is 0.119 e. The fourth-order valence-corrected chi connectivity index (χ4v) is 1.70. The zero-order chi connectivity index (χ0) is 12.9. The van der Waals surface area contributed by atoms with E-state index in [-0.39, 0.29) is 5.41 Å². The third-order valence-corrected chi connectivity index (χ3v) is 2.82. The van der Waals surface area contributed by atoms with Gasteiger partial charge in [0, 0.05) is 5.88 Å². The number of alkyl halides is 1. The van der Waals surface area contributed by atoms with Crippen LogP contribution in [0.1, 0.15) is 32.8 Å². The topological polar surface area (TPSA) is 29.5 Å². The number of rotatable bonds is 5. The van der Waals surface area contributed by atoms with Crippen LogP contribution in [-0.4, -0.2) is 23.7 Å². The summed E-state index contributed by atoms with van der Waals surface area (Å²) < 4.78 is 5.48. The summed E-state index contributed by atoms with van der Waals surface area (Å²) >= 11 is 5.53. The van der Waals surface area contributed by atoms with Crippen molar-refractivity contribution in [3.05, 3.63) is 29.8 Å². The first-order valence-corrected chi connectivity index (χ1v) is 6.44. The van der Waals surface area contributed by atoms with Gasteiger partial charge in [-0.15, -0.1) is 11.6 Å². The second kappa shape index (κ2) is 6.27. The first-order chi connectivity index (χ1) is 7.93. The molecule has 1 N–H and O–H groups in total. The van der Waals surface area contributed by atoms with Gasteiger partial charge in [0.2, 0.25) is 0 Å². The van der Waals surface area contributed by atoms with E-state index in [1.165, 1.54) is 5.56 Å². The number of hydrogen-bond donors (Lipinski definition) is 1. The first-order valence-electron chi connectivity index (χ1n) is 5.91. The van der Waals surface area contributed by atoms with Crippen molar-refractivity contribution in [1.29, 1.82) is 0 Å². The van der Waals surface area contributed by atoms with E-state index in [1.54, 1.807) is 0 Å². The number of aliphatic hydroxyl groups excluding tert-OH is 1. The highest BCUT2D eigenvalue weighted by Gasteiger charge is 2.13. The fraction of sp³-hybridized carbons (Fsp3) is 0.571. The predicted octanol–water partition coefficient (Wildman–Crippen LogP) is 3.35. The zero-order valence-electron chi connectivity index (χ0n) is 10.7. The van der Waals surface area contributed by atoms with Crippen LogP contribution in [0, 0.1) is 0 Å². The highest BCUT2D eigenvalue weighted by atomic mass is 35.5. The largest absolute Gasteiger partial charge is 0.491 e. The maximum absolute atomic E-state index is 9.48. The van der Waals surface area contributed by atoms with Crippen molar-refractivity contribution in [3.8, 4) is 5.75 Å². The number of benzene rings is 1. The van der Waals surface area contributed by atoms with Crippen LogP contribution in [0.25, 0.3) is 0 Å². The molecule has 1 aromatic rings. The van der Waals surface area contributed by atoms with Crippen molar-refractivity contribution < 1.29 is 9.84 Å². The lowest BCUT2D eigenvalue weighted by Gasteiger charge is -2.19. The van der Waals surface area contributed by atoms with E-state index in [1.807, 2.05) is 12.1 Å². The normalized spacial score (nSPS) is 13.5. The molecule has 1 aromatic carbocycles. The Labute approximate surface area is 109 Å². The zero-order valence-corrected chi connectivity index (χ0v) is 11.5. The van der Waals surface area contributed by atoms with Gasteiger partial charge in [-0.1, -0.05) is 32.9 Å². The standard InChI is InChI=1S/C14H21ClO2/c1-14(2,3)11-4-6-13(7-5-11)17-10-12(16)8-9-15/h4-7,12,16H,8-10H2,1-3H3/t12-/m0/s1. The fourth-order valence-electron chi connectivity index (χ4n) is 1.45. The number of halogens is 1. The molecular weight excluding hydrogens is 236 g/mol. The van der Waals surface area contributed by atoms with Crippen LogP contribution in [0.2, 0.25) is 0 Å². The molecule has 17 heavy (non-hydrogen) atoms. The summed E-state index contributed by atoms with van der Waals surface area (Å²) in [5, 5.41) is 9.48. The number of hydrogen-bond acceptors (Lipinski definition) is 2. The first kappa shape index (κ1) is 14.3. The lowest BCUT2D eigenvalue weighted by atomic mass is 9.87. The van der Waals surface area contributed by atoms with Gasteiger partial charge >= 0.3 is 0 Å². The second-order valence-electron chi connectivity index (χ2n) is 5.22. The van der Waals surface area contributed by atoms with Crippen LogP contribution >= 0.6 is 11.6 Å². The van der Waals surface area contributed by atoms with Crippen molar-refractivity contribution in [1.82, 2.24) is 0 Å². The highest BCUT2D eigenvalue weighted by molar-refractivity contribution is 6.17. The third kappa shape index (κ3) is 4.97. The van der Waals surface area contributed by atoms with Crippen LogP contribution in [0.4, 0.5) is 0 Å². The van der Waals surface area contributed by atoms with E-state index in [0.717, 1.165) is 5.75 Å². The molecule has 0 saturated heterocycles. The molecule has 0 aliphatic rings. The second-order valence-corrected chi connectivity index (χ2v) is 5.59. The van der Waals surface area contributed by atoms with Gasteiger partial charge in [0.25, 0.3) is 0 Å². The van der Waals surface area contributed by atoms with Gasteiger partial charge in [-0.05, 0) is 29.5 Å². The Balaban J connectivity index is 2.51. The molecule has 0 bridgehead atoms. The average molecular weight is 257 g/mol. The summed E-state index contributed by atoms with van der Waals surface area (Å²) in [6, 6.07) is 7.99. The molecule has 0 unspecified atom stereocenters. The van der Waals surface area contributed by atoms with E-state index in [0.29, 0.717) is 18.9 Å². The van der Waals surface area contributed by atoms with E-state index < -0.39 is 6.10 Å². The van der Waals surface area contributed by atoms with Crippen LogP contribution in [0.5, 0.6) is 5.75 Å². The van der Waals surface area contributed by atoms with E-state index in [2.05, 4.69) is 32.9 Å². The minimum atomic E-state index is -0.491. The minimum absolute atomic E-state index is 0.149. The summed E-state index contributed by atoms with van der Waals surface area (Å²) in [7, 11) is 0. The van der Waals surface area contributed by atoms with Gasteiger partial charge in [-0.3, -0.25) is 0 Å². The molecule has 3 heteroatoms. The Hall–Kier alpha value is -0.730. The molecular formula is C14H21ClO2. The average Bonchev–Trinajstić information content (AvgIpc) is 2.26. The number of ether oxygens (including phenoxy) is 1. The molecule has 0 radical (unpaired) electrons. The van der Waals surface area contributed by atoms with Gasteiger partial charge in [0.05, 0.1) is 6.10 Å². The summed E-state index contributed by atoms with van der Waals surface area (Å²) in [6.07, 6.45) is 0.0662. The smallest absolute Gasteiger partial charge is 0.119 e. The summed E-state index contributed by atoms with van der Waals surface area (Å²) in [6.45, 7) is 6.81. The Morgan fingerprint density at radius 2 is 1.82 bits per heavy atom. The molecule has 0 spiro atoms. The highest BCUT2D eigenvalue weighted by Crippen LogP contribution is 2.24. The van der Waals surface area contributed by atoms with Gasteiger partial charge < -0.3 is 9.84 Å². The van der Waals surface area contributed by atoms with Crippen molar-refractivity contribution in [3.63, 3.8) is 0 Å². The van der Waals surface area contributed by atoms with Gasteiger partial charge in [-0.25, -0.2) is 0 Å². The van der Waals surface area contributed by atoms with Crippen LogP contribution in [0.3, 0.4) is 0 Å². The summed E-state index contributed by atoms with van der Waals surface area (Å²) in [4.78, 5) is 0. The Morgan fingerprint density at radius 1 is 1.24 bits per heavy atom. The molecule has 0 aromatic heterocycles. The monoisotopic (exact) mass is 256 g/mol. The van der Waals surface area contributed by atoms with Gasteiger partial charge in [0.15, 0.2) is 0 Å². The van der Waals surface area contributed by atoms with Gasteiger partial charge in [0.1, 0.15) is 12.4 Å². The third-order valence-electron chi connectivity index (χ3n) is 2.61. The molecule has 0 aliphatic carbocycles. The molecule has 0 heterocycles. The van der Waals surface area contributed by atoms with Crippen molar-refractivity contribution in [2.24, 2.45) is 0 Å². The minimum Gasteiger partial charge on any atom is -0.491 e. The quantitative estimate of drug-likeness (QED) is 0.819.